The van der Waals surface area contributed by atoms with Crippen molar-refractivity contribution < 1.29 is 4.39 Å². The first-order valence-electron chi connectivity index (χ1n) is 12.1. The number of aromatic amines is 2. The third kappa shape index (κ3) is 3.93. The van der Waals surface area contributed by atoms with Gasteiger partial charge in [0.05, 0.1) is 22.3 Å². The van der Waals surface area contributed by atoms with Crippen LogP contribution >= 0.6 is 0 Å². The molecule has 36 heavy (non-hydrogen) atoms. The Morgan fingerprint density at radius 1 is 1.08 bits per heavy atom. The second-order valence-corrected chi connectivity index (χ2v) is 9.59. The first kappa shape index (κ1) is 22.4. The summed E-state index contributed by atoms with van der Waals surface area (Å²) in [5.74, 6) is 0.113. The molecule has 9 nitrogen and oxygen atoms in total. The summed E-state index contributed by atoms with van der Waals surface area (Å²) in [4.78, 5) is 21.5. The first-order chi connectivity index (χ1) is 17.5. The maximum atomic E-state index is 16.0. The molecule has 1 aliphatic heterocycles. The van der Waals surface area contributed by atoms with Gasteiger partial charge in [0.25, 0.3) is 0 Å². The molecule has 5 aromatic rings. The van der Waals surface area contributed by atoms with E-state index in [1.165, 1.54) is 0 Å². The Morgan fingerprint density at radius 3 is 2.72 bits per heavy atom. The van der Waals surface area contributed by atoms with Crippen molar-refractivity contribution in [3.63, 3.8) is 0 Å². The maximum Gasteiger partial charge on any atom is 0.180 e. The van der Waals surface area contributed by atoms with Crippen LogP contribution in [0.15, 0.2) is 42.9 Å². The molecular formula is C26H28FN9. The molecule has 0 radical (unpaired) electrons. The van der Waals surface area contributed by atoms with Gasteiger partial charge in [0, 0.05) is 61.9 Å². The predicted octanol–water partition coefficient (Wildman–Crippen LogP) is 4.27. The Hall–Kier alpha value is -4.05. The van der Waals surface area contributed by atoms with Crippen molar-refractivity contribution in [3.8, 4) is 22.6 Å². The molecule has 1 aliphatic rings. The molecule has 0 amide bonds. The average Bonchev–Trinajstić information content (AvgIpc) is 3.49. The molecule has 6 rings (SSSR count). The van der Waals surface area contributed by atoms with Crippen LogP contribution in [0.2, 0.25) is 0 Å². The number of hydrogen-bond donors (Lipinski definition) is 3. The van der Waals surface area contributed by atoms with Crippen LogP contribution in [0.5, 0.6) is 0 Å². The fourth-order valence-corrected chi connectivity index (χ4v) is 4.79. The Balaban J connectivity index is 1.43. The number of nitrogens with zero attached hydrogens (tertiary/aromatic N) is 6. The predicted molar refractivity (Wildman–Crippen MR) is 141 cm³/mol. The van der Waals surface area contributed by atoms with Crippen molar-refractivity contribution in [3.05, 3.63) is 48.7 Å². The summed E-state index contributed by atoms with van der Waals surface area (Å²) in [6.45, 7) is 7.93. The van der Waals surface area contributed by atoms with Crippen LogP contribution in [0.4, 0.5) is 15.8 Å². The first-order valence-corrected chi connectivity index (χ1v) is 12.1. The highest BCUT2D eigenvalue weighted by Crippen LogP contribution is 2.35. The van der Waals surface area contributed by atoms with Gasteiger partial charge in [-0.05, 0) is 45.2 Å². The number of pyridine rings is 2. The molecule has 4 aromatic heterocycles. The van der Waals surface area contributed by atoms with Gasteiger partial charge >= 0.3 is 0 Å². The van der Waals surface area contributed by atoms with Crippen LogP contribution in [0.1, 0.15) is 13.8 Å². The summed E-state index contributed by atoms with van der Waals surface area (Å²) < 4.78 is 16.0. The van der Waals surface area contributed by atoms with Crippen LogP contribution < -0.4 is 10.2 Å². The van der Waals surface area contributed by atoms with E-state index in [0.29, 0.717) is 39.2 Å². The highest BCUT2D eigenvalue weighted by molar-refractivity contribution is 5.97. The Labute approximate surface area is 207 Å². The number of H-pyrrole nitrogens is 2. The number of halogens is 1. The Morgan fingerprint density at radius 2 is 1.92 bits per heavy atom. The molecule has 10 heteroatoms. The lowest BCUT2D eigenvalue weighted by Crippen LogP contribution is -2.44. The summed E-state index contributed by atoms with van der Waals surface area (Å²) in [5, 5.41) is 11.1. The SMILES string of the molecule is CC(C)Nc1cncc(-c2ccc3[nH]nc(-c4nc5nccc(N6CCN(C)CC6)c5[nH]4)c3c2F)c1. The molecule has 5 heterocycles. The van der Waals surface area contributed by atoms with Crippen molar-refractivity contribution in [1.29, 1.82) is 0 Å². The quantitative estimate of drug-likeness (QED) is 0.342. The van der Waals surface area contributed by atoms with Gasteiger partial charge in [-0.3, -0.25) is 10.1 Å². The number of likely N-dealkylation sites (N-methyl/N-ethyl adjacent to an activating group) is 1. The van der Waals surface area contributed by atoms with Crippen LogP contribution in [0.3, 0.4) is 0 Å². The van der Waals surface area contributed by atoms with Crippen molar-refractivity contribution in [2.75, 3.05) is 43.4 Å². The number of piperazine rings is 1. The number of imidazole rings is 1. The molecule has 0 bridgehead atoms. The summed E-state index contributed by atoms with van der Waals surface area (Å²) in [6, 6.07) is 7.74. The van der Waals surface area contributed by atoms with Gasteiger partial charge in [-0.1, -0.05) is 0 Å². The van der Waals surface area contributed by atoms with Crippen molar-refractivity contribution >= 4 is 33.4 Å². The largest absolute Gasteiger partial charge is 0.382 e. The molecule has 184 valence electrons. The van der Waals surface area contributed by atoms with Crippen LogP contribution in [-0.2, 0) is 0 Å². The smallest absolute Gasteiger partial charge is 0.180 e. The van der Waals surface area contributed by atoms with Crippen molar-refractivity contribution in [2.24, 2.45) is 0 Å². The van der Waals surface area contributed by atoms with Gasteiger partial charge in [0.1, 0.15) is 17.0 Å². The minimum absolute atomic E-state index is 0.243. The van der Waals surface area contributed by atoms with E-state index in [1.807, 2.05) is 32.0 Å². The third-order valence-electron chi connectivity index (χ3n) is 6.61. The normalized spacial score (nSPS) is 14.9. The number of aromatic nitrogens is 6. The number of anilines is 2. The molecular weight excluding hydrogens is 457 g/mol. The molecule has 0 spiro atoms. The highest BCUT2D eigenvalue weighted by Gasteiger charge is 2.22. The molecule has 0 unspecified atom stereocenters. The van der Waals surface area contributed by atoms with Crippen LogP contribution in [-0.4, -0.2) is 74.3 Å². The van der Waals surface area contributed by atoms with Gasteiger partial charge in [-0.25, -0.2) is 14.4 Å². The lowest BCUT2D eigenvalue weighted by Gasteiger charge is -2.34. The molecule has 0 saturated carbocycles. The average molecular weight is 486 g/mol. The molecule has 0 aliphatic carbocycles. The summed E-state index contributed by atoms with van der Waals surface area (Å²) in [6.07, 6.45) is 5.18. The van der Waals surface area contributed by atoms with E-state index < -0.39 is 0 Å². The molecule has 1 fully saturated rings. The standard InChI is InChI=1S/C26H28FN9/c1-15(2)30-17-12-16(13-28-14-17)18-4-5-19-21(22(18)27)24(34-33-19)26-31-23-20(6-7-29-25(23)32-26)36-10-8-35(3)9-11-36/h4-7,12-15,30H,8-11H2,1-3H3,(H,33,34)(H,29,31,32). The number of hydrogen-bond acceptors (Lipinski definition) is 7. The van der Waals surface area contributed by atoms with E-state index >= 15 is 4.39 Å². The lowest BCUT2D eigenvalue weighted by atomic mass is 10.0. The van der Waals surface area contributed by atoms with Gasteiger partial charge in [0.2, 0.25) is 0 Å². The van der Waals surface area contributed by atoms with E-state index in [2.05, 4.69) is 47.3 Å². The Bertz CT molecular complexity index is 1550. The van der Waals surface area contributed by atoms with E-state index in [0.717, 1.165) is 43.1 Å². The summed E-state index contributed by atoms with van der Waals surface area (Å²) in [7, 11) is 2.13. The molecule has 0 atom stereocenters. The fourth-order valence-electron chi connectivity index (χ4n) is 4.79. The molecule has 1 saturated heterocycles. The Kier molecular flexibility index (Phi) is 5.52. The number of fused-ring (bicyclic) bond motifs is 2. The number of rotatable bonds is 5. The zero-order valence-corrected chi connectivity index (χ0v) is 20.5. The zero-order valence-electron chi connectivity index (χ0n) is 20.5. The van der Waals surface area contributed by atoms with Gasteiger partial charge < -0.3 is 20.1 Å². The number of benzene rings is 1. The van der Waals surface area contributed by atoms with Crippen LogP contribution in [0, 0.1) is 5.82 Å². The summed E-state index contributed by atoms with van der Waals surface area (Å²) in [5.41, 5.74) is 5.49. The van der Waals surface area contributed by atoms with Crippen molar-refractivity contribution in [2.45, 2.75) is 19.9 Å². The fraction of sp³-hybridized carbons (Fsp3) is 0.308. The summed E-state index contributed by atoms with van der Waals surface area (Å²) >= 11 is 0. The van der Waals surface area contributed by atoms with Gasteiger partial charge in [-0.2, -0.15) is 5.10 Å². The van der Waals surface area contributed by atoms with E-state index in [1.54, 1.807) is 24.7 Å². The minimum Gasteiger partial charge on any atom is -0.382 e. The van der Waals surface area contributed by atoms with Gasteiger partial charge in [0.15, 0.2) is 11.5 Å². The van der Waals surface area contributed by atoms with Gasteiger partial charge in [-0.15, -0.1) is 0 Å². The van der Waals surface area contributed by atoms with E-state index in [9.17, 15) is 0 Å². The van der Waals surface area contributed by atoms with Crippen LogP contribution in [0.25, 0.3) is 44.7 Å². The number of nitrogens with one attached hydrogen (secondary N) is 3. The van der Waals surface area contributed by atoms with Crippen molar-refractivity contribution in [1.82, 2.24) is 35.0 Å². The highest BCUT2D eigenvalue weighted by atomic mass is 19.1. The second kappa shape index (κ2) is 8.87. The van der Waals surface area contributed by atoms with E-state index in [-0.39, 0.29) is 11.9 Å². The maximum absolute atomic E-state index is 16.0. The zero-order chi connectivity index (χ0) is 24.8. The lowest BCUT2D eigenvalue weighted by molar-refractivity contribution is 0.313. The third-order valence-corrected chi connectivity index (χ3v) is 6.61. The second-order valence-electron chi connectivity index (χ2n) is 9.59. The topological polar surface area (TPSA) is 102 Å². The van der Waals surface area contributed by atoms with E-state index in [4.69, 9.17) is 4.98 Å². The monoisotopic (exact) mass is 485 g/mol. The molecule has 3 N–H and O–H groups in total. The minimum atomic E-state index is -0.368. The molecule has 1 aromatic carbocycles.